The molecule has 4 N–H and O–H groups in total. The molecule has 122 valence electrons. The summed E-state index contributed by atoms with van der Waals surface area (Å²) in [6, 6.07) is 2.23. The number of aliphatic hydroxyl groups excluding tert-OH is 1. The van der Waals surface area contributed by atoms with Gasteiger partial charge in [0, 0.05) is 24.2 Å². The van der Waals surface area contributed by atoms with Gasteiger partial charge in [0.05, 0.1) is 23.1 Å². The minimum Gasteiger partial charge on any atom is -0.453 e. The molecule has 1 heterocycles. The zero-order chi connectivity index (χ0) is 17.1. The van der Waals surface area contributed by atoms with E-state index in [-0.39, 0.29) is 28.8 Å². The van der Waals surface area contributed by atoms with Crippen molar-refractivity contribution < 1.29 is 24.7 Å². The number of nitrogens with zero attached hydrogens (tertiary/aromatic N) is 2. The molecule has 23 heavy (non-hydrogen) atoms. The molecule has 0 fully saturated rings. The maximum absolute atomic E-state index is 11.7. The van der Waals surface area contributed by atoms with Gasteiger partial charge in [-0.05, 0) is 0 Å². The summed E-state index contributed by atoms with van der Waals surface area (Å²) in [5.74, 6) is 0. The van der Waals surface area contributed by atoms with Crippen LogP contribution in [-0.4, -0.2) is 38.3 Å². The Labute approximate surface area is 127 Å². The third-order valence-corrected chi connectivity index (χ3v) is 2.95. The number of amides is 1. The second-order valence-electron chi connectivity index (χ2n) is 4.43. The minimum atomic E-state index is -2.11. The van der Waals surface area contributed by atoms with Crippen molar-refractivity contribution in [3.05, 3.63) is 43.9 Å². The van der Waals surface area contributed by atoms with Crippen LogP contribution in [0.3, 0.4) is 0 Å². The van der Waals surface area contributed by atoms with Crippen LogP contribution in [0.15, 0.2) is 16.9 Å². The molecule has 0 saturated heterocycles. The lowest BCUT2D eigenvalue weighted by atomic mass is 10.1. The first-order valence-electron chi connectivity index (χ1n) is 6.22. The van der Waals surface area contributed by atoms with Crippen molar-refractivity contribution in [2.45, 2.75) is 12.8 Å². The smallest absolute Gasteiger partial charge is 0.407 e. The van der Waals surface area contributed by atoms with Gasteiger partial charge < -0.3 is 25.3 Å². The normalized spacial score (nSPS) is 10.8. The summed E-state index contributed by atoms with van der Waals surface area (Å²) in [6.45, 7) is -0.176. The first-order valence-corrected chi connectivity index (χ1v) is 6.22. The number of nitro groups is 1. The fraction of sp³-hybridized carbons (Fsp3) is 0.250. The number of non-ortho nitro benzene ring substituents is 1. The van der Waals surface area contributed by atoms with E-state index < -0.39 is 28.6 Å². The van der Waals surface area contributed by atoms with Gasteiger partial charge in [-0.2, -0.15) is 0 Å². The van der Waals surface area contributed by atoms with E-state index in [1.54, 1.807) is 0 Å². The van der Waals surface area contributed by atoms with E-state index >= 15 is 0 Å². The number of ether oxygens (including phenoxy) is 1. The number of carbonyl (C=O) groups excluding carboxylic acids is 1. The van der Waals surface area contributed by atoms with E-state index in [0.29, 0.717) is 0 Å². The van der Waals surface area contributed by atoms with Crippen LogP contribution in [0.2, 0.25) is 0 Å². The van der Waals surface area contributed by atoms with Gasteiger partial charge in [-0.15, -0.1) is 0 Å². The van der Waals surface area contributed by atoms with Crippen molar-refractivity contribution >= 4 is 22.8 Å². The number of alkyl carbamates (subject to hydrolysis) is 1. The summed E-state index contributed by atoms with van der Waals surface area (Å²) in [5.41, 5.74) is -1.48. The zero-order valence-electron chi connectivity index (χ0n) is 11.8. The van der Waals surface area contributed by atoms with Crippen molar-refractivity contribution in [2.75, 3.05) is 7.11 Å². The Bertz CT molecular complexity index is 830. The number of methoxy groups -OCH3 is 1. The van der Waals surface area contributed by atoms with Crippen molar-refractivity contribution in [1.82, 2.24) is 15.3 Å². The highest BCUT2D eigenvalue weighted by molar-refractivity contribution is 5.81. The average molecular weight is 324 g/mol. The lowest BCUT2D eigenvalue weighted by Crippen LogP contribution is -2.23. The van der Waals surface area contributed by atoms with E-state index in [9.17, 15) is 19.7 Å². The molecule has 0 aliphatic rings. The quantitative estimate of drug-likeness (QED) is 0.337. The van der Waals surface area contributed by atoms with Crippen LogP contribution < -0.4 is 10.9 Å². The Kier molecular flexibility index (Phi) is 4.52. The van der Waals surface area contributed by atoms with Gasteiger partial charge in [0.25, 0.3) is 11.2 Å². The lowest BCUT2D eigenvalue weighted by Gasteiger charge is -2.09. The summed E-state index contributed by atoms with van der Waals surface area (Å²) < 4.78 is 4.40. The molecule has 0 spiro atoms. The van der Waals surface area contributed by atoms with Crippen molar-refractivity contribution in [2.24, 2.45) is 0 Å². The van der Waals surface area contributed by atoms with Gasteiger partial charge >= 0.3 is 6.09 Å². The van der Waals surface area contributed by atoms with Gasteiger partial charge in [0.15, 0.2) is 5.69 Å². The van der Waals surface area contributed by atoms with E-state index in [2.05, 4.69) is 20.0 Å². The molecule has 0 unspecified atom stereocenters. The third kappa shape index (κ3) is 3.41. The second-order valence-corrected chi connectivity index (χ2v) is 4.43. The lowest BCUT2D eigenvalue weighted by molar-refractivity contribution is -0.384. The largest absolute Gasteiger partial charge is 0.453 e. The van der Waals surface area contributed by atoms with Crippen LogP contribution >= 0.6 is 0 Å². The fourth-order valence-corrected chi connectivity index (χ4v) is 1.92. The standard InChI is InChI=1S/C12H12N4O7/c1-23-12(20)13-4-5-2-6(16(21)22)3-7-8(5)15-9(11(18)19)10(17)14-7/h2-3,11,18-19H,4H2,1H3,(H,13,20)(H,14,17). The molecule has 0 saturated carbocycles. The summed E-state index contributed by atoms with van der Waals surface area (Å²) in [7, 11) is 1.15. The molecule has 0 aliphatic heterocycles. The first kappa shape index (κ1) is 16.3. The van der Waals surface area contributed by atoms with Crippen molar-refractivity contribution in [3.8, 4) is 0 Å². The molecule has 2 aromatic rings. The summed E-state index contributed by atoms with van der Waals surface area (Å²) >= 11 is 0. The molecule has 11 nitrogen and oxygen atoms in total. The maximum Gasteiger partial charge on any atom is 0.407 e. The highest BCUT2D eigenvalue weighted by Gasteiger charge is 2.18. The van der Waals surface area contributed by atoms with Crippen molar-refractivity contribution in [3.63, 3.8) is 0 Å². The van der Waals surface area contributed by atoms with E-state index in [1.807, 2.05) is 0 Å². The van der Waals surface area contributed by atoms with E-state index in [1.165, 1.54) is 0 Å². The van der Waals surface area contributed by atoms with Crippen molar-refractivity contribution in [1.29, 1.82) is 0 Å². The molecule has 1 amide bonds. The molecular formula is C12H12N4O7. The molecular weight excluding hydrogens is 312 g/mol. The molecule has 0 atom stereocenters. The predicted molar refractivity (Wildman–Crippen MR) is 75.4 cm³/mol. The fourth-order valence-electron chi connectivity index (χ4n) is 1.92. The Hall–Kier alpha value is -3.05. The predicted octanol–water partition coefficient (Wildman–Crippen LogP) is -0.330. The van der Waals surface area contributed by atoms with Crippen LogP contribution in [-0.2, 0) is 11.3 Å². The minimum absolute atomic E-state index is 0.0234. The highest BCUT2D eigenvalue weighted by atomic mass is 16.6. The van der Waals surface area contributed by atoms with Crippen LogP contribution in [0.5, 0.6) is 0 Å². The van der Waals surface area contributed by atoms with Gasteiger partial charge in [-0.3, -0.25) is 14.9 Å². The summed E-state index contributed by atoms with van der Waals surface area (Å²) in [5, 5.41) is 31.5. The number of H-pyrrole nitrogens is 1. The Morgan fingerprint density at radius 3 is 2.78 bits per heavy atom. The van der Waals surface area contributed by atoms with E-state index in [4.69, 9.17) is 10.2 Å². The monoisotopic (exact) mass is 324 g/mol. The Morgan fingerprint density at radius 2 is 2.22 bits per heavy atom. The first-order chi connectivity index (χ1) is 10.8. The van der Waals surface area contributed by atoms with Gasteiger partial charge in [-0.1, -0.05) is 0 Å². The molecule has 2 rings (SSSR count). The van der Waals surface area contributed by atoms with Gasteiger partial charge in [0.1, 0.15) is 0 Å². The number of rotatable bonds is 4. The Morgan fingerprint density at radius 1 is 1.52 bits per heavy atom. The summed E-state index contributed by atoms with van der Waals surface area (Å²) in [4.78, 5) is 39.2. The molecule has 1 aromatic carbocycles. The SMILES string of the molecule is COC(=O)NCc1cc([N+](=O)[O-])cc2[nH]c(=O)c(C(O)O)nc12. The van der Waals surface area contributed by atoms with Crippen LogP contribution in [0, 0.1) is 10.1 Å². The van der Waals surface area contributed by atoms with Gasteiger partial charge in [0.2, 0.25) is 6.29 Å². The molecule has 11 heteroatoms. The number of aliphatic hydroxyl groups is 2. The second kappa shape index (κ2) is 6.37. The van der Waals surface area contributed by atoms with E-state index in [0.717, 1.165) is 19.2 Å². The average Bonchev–Trinajstić information content (AvgIpc) is 2.50. The van der Waals surface area contributed by atoms with Gasteiger partial charge in [-0.25, -0.2) is 9.78 Å². The zero-order valence-corrected chi connectivity index (χ0v) is 11.8. The molecule has 0 bridgehead atoms. The molecule has 0 radical (unpaired) electrons. The summed E-state index contributed by atoms with van der Waals surface area (Å²) in [6.07, 6.45) is -2.88. The number of benzene rings is 1. The van der Waals surface area contributed by atoms with Crippen LogP contribution in [0.25, 0.3) is 11.0 Å². The highest BCUT2D eigenvalue weighted by Crippen LogP contribution is 2.23. The number of hydrogen-bond acceptors (Lipinski definition) is 8. The number of hydrogen-bond donors (Lipinski definition) is 4. The number of nitro benzene ring substituents is 1. The number of aromatic amines is 1. The third-order valence-electron chi connectivity index (χ3n) is 2.95. The maximum atomic E-state index is 11.7. The van der Waals surface area contributed by atoms with Crippen LogP contribution in [0.4, 0.5) is 10.5 Å². The molecule has 1 aromatic heterocycles. The number of aromatic nitrogens is 2. The molecule has 0 aliphatic carbocycles. The number of fused-ring (bicyclic) bond motifs is 1. The van der Waals surface area contributed by atoms with Crippen LogP contribution in [0.1, 0.15) is 17.5 Å². The topological polar surface area (TPSA) is 168 Å². The Balaban J connectivity index is 2.64. The number of nitrogens with one attached hydrogen (secondary N) is 2. The number of carbonyl (C=O) groups is 1.